The van der Waals surface area contributed by atoms with Crippen LogP contribution in [0.1, 0.15) is 0 Å². The molecule has 0 radical (unpaired) electrons. The van der Waals surface area contributed by atoms with Crippen LogP contribution in [0.25, 0.3) is 22.6 Å². The molecule has 0 unspecified atom stereocenters. The van der Waals surface area contributed by atoms with Crippen LogP contribution in [0.15, 0.2) is 40.8 Å². The largest absolute Gasteiger partial charge is 0.436 e. The van der Waals surface area contributed by atoms with E-state index in [0.717, 1.165) is 0 Å². The lowest BCUT2D eigenvalue weighted by atomic mass is 10.2. The Kier molecular flexibility index (Phi) is 2.80. The summed E-state index contributed by atoms with van der Waals surface area (Å²) in [5.74, 6) is 0.337. The zero-order chi connectivity index (χ0) is 14.3. The van der Waals surface area contributed by atoms with Crippen LogP contribution in [-0.4, -0.2) is 9.91 Å². The molecule has 0 saturated heterocycles. The molecule has 20 heavy (non-hydrogen) atoms. The first-order chi connectivity index (χ1) is 9.54. The Balaban J connectivity index is 2.12. The minimum atomic E-state index is -0.484. The number of nitro groups is 1. The van der Waals surface area contributed by atoms with Crippen LogP contribution in [0, 0.1) is 10.1 Å². The summed E-state index contributed by atoms with van der Waals surface area (Å²) in [5, 5.41) is 11.2. The fourth-order valence-corrected chi connectivity index (χ4v) is 1.94. The smallest absolute Gasteiger partial charge is 0.273 e. The molecule has 1 aromatic heterocycles. The standard InChI is InChI=1S/C13H8ClN3O3/c14-9-3-1-7(5-10(9)15)13-16-11-4-2-8(17(18)19)6-12(11)20-13/h1-6H,15H2. The van der Waals surface area contributed by atoms with Crippen LogP contribution >= 0.6 is 11.6 Å². The molecule has 7 heteroatoms. The van der Waals surface area contributed by atoms with Crippen LogP contribution in [0.2, 0.25) is 5.02 Å². The second-order valence-corrected chi connectivity index (χ2v) is 4.57. The second kappa shape index (κ2) is 4.50. The van der Waals surface area contributed by atoms with Crippen molar-refractivity contribution in [1.82, 2.24) is 4.98 Å². The quantitative estimate of drug-likeness (QED) is 0.441. The van der Waals surface area contributed by atoms with E-state index in [9.17, 15) is 10.1 Å². The van der Waals surface area contributed by atoms with Crippen molar-refractivity contribution in [3.8, 4) is 11.5 Å². The molecular weight excluding hydrogens is 282 g/mol. The van der Waals surface area contributed by atoms with E-state index >= 15 is 0 Å². The molecule has 0 aliphatic heterocycles. The lowest BCUT2D eigenvalue weighted by Crippen LogP contribution is -1.87. The third-order valence-corrected chi connectivity index (χ3v) is 3.17. The number of nitro benzene ring substituents is 1. The van der Waals surface area contributed by atoms with Crippen molar-refractivity contribution in [3.05, 3.63) is 51.5 Å². The summed E-state index contributed by atoms with van der Waals surface area (Å²) in [6.07, 6.45) is 0. The van der Waals surface area contributed by atoms with Crippen LogP contribution < -0.4 is 5.73 Å². The van der Waals surface area contributed by atoms with Crippen molar-refractivity contribution in [2.24, 2.45) is 0 Å². The fraction of sp³-hybridized carbons (Fsp3) is 0. The lowest BCUT2D eigenvalue weighted by Gasteiger charge is -1.99. The molecule has 3 rings (SSSR count). The number of oxazole rings is 1. The maximum atomic E-state index is 10.7. The van der Waals surface area contributed by atoms with Gasteiger partial charge >= 0.3 is 0 Å². The molecule has 100 valence electrons. The number of halogens is 1. The predicted octanol–water partition coefficient (Wildman–Crippen LogP) is 3.64. The van der Waals surface area contributed by atoms with Crippen molar-refractivity contribution in [2.45, 2.75) is 0 Å². The first-order valence-electron chi connectivity index (χ1n) is 5.65. The van der Waals surface area contributed by atoms with Gasteiger partial charge in [-0.15, -0.1) is 0 Å². The van der Waals surface area contributed by atoms with Gasteiger partial charge in [0.05, 0.1) is 21.7 Å². The van der Waals surface area contributed by atoms with Crippen LogP contribution in [-0.2, 0) is 0 Å². The van der Waals surface area contributed by atoms with Gasteiger partial charge in [0, 0.05) is 11.6 Å². The van der Waals surface area contributed by atoms with E-state index in [2.05, 4.69) is 4.98 Å². The van der Waals surface area contributed by atoms with Crippen molar-refractivity contribution < 1.29 is 9.34 Å². The summed E-state index contributed by atoms with van der Waals surface area (Å²) in [7, 11) is 0. The number of non-ortho nitro benzene ring substituents is 1. The Bertz CT molecular complexity index is 829. The normalized spacial score (nSPS) is 10.8. The molecule has 3 aromatic rings. The molecule has 0 atom stereocenters. The summed E-state index contributed by atoms with van der Waals surface area (Å²) in [6, 6.07) is 9.26. The lowest BCUT2D eigenvalue weighted by molar-refractivity contribution is -0.384. The topological polar surface area (TPSA) is 95.2 Å². The zero-order valence-corrected chi connectivity index (χ0v) is 10.8. The second-order valence-electron chi connectivity index (χ2n) is 4.16. The van der Waals surface area contributed by atoms with Gasteiger partial charge in [0.2, 0.25) is 5.89 Å². The number of anilines is 1. The molecule has 0 spiro atoms. The van der Waals surface area contributed by atoms with Crippen molar-refractivity contribution in [1.29, 1.82) is 0 Å². The van der Waals surface area contributed by atoms with E-state index in [0.29, 0.717) is 33.3 Å². The number of fused-ring (bicyclic) bond motifs is 1. The zero-order valence-electron chi connectivity index (χ0n) is 10.0. The molecule has 0 aliphatic carbocycles. The highest BCUT2D eigenvalue weighted by Gasteiger charge is 2.13. The van der Waals surface area contributed by atoms with Gasteiger partial charge in [-0.05, 0) is 24.3 Å². The third kappa shape index (κ3) is 2.06. The number of rotatable bonds is 2. The summed E-state index contributed by atoms with van der Waals surface area (Å²) < 4.78 is 5.53. The Morgan fingerprint density at radius 3 is 2.75 bits per heavy atom. The minimum Gasteiger partial charge on any atom is -0.436 e. The minimum absolute atomic E-state index is 0.0455. The van der Waals surface area contributed by atoms with Crippen LogP contribution in [0.4, 0.5) is 11.4 Å². The highest BCUT2D eigenvalue weighted by molar-refractivity contribution is 6.33. The summed E-state index contributed by atoms with van der Waals surface area (Å²) >= 11 is 5.85. The number of hydrogen-bond acceptors (Lipinski definition) is 5. The summed E-state index contributed by atoms with van der Waals surface area (Å²) in [6.45, 7) is 0. The van der Waals surface area contributed by atoms with Gasteiger partial charge in [-0.1, -0.05) is 11.6 Å². The maximum absolute atomic E-state index is 10.7. The molecule has 6 nitrogen and oxygen atoms in total. The Morgan fingerprint density at radius 2 is 2.05 bits per heavy atom. The predicted molar refractivity (Wildman–Crippen MR) is 75.5 cm³/mol. The number of nitrogen functional groups attached to an aromatic ring is 1. The monoisotopic (exact) mass is 289 g/mol. The SMILES string of the molecule is Nc1cc(-c2nc3ccc([N+](=O)[O-])cc3o2)ccc1Cl. The van der Waals surface area contributed by atoms with E-state index in [-0.39, 0.29) is 5.69 Å². The van der Waals surface area contributed by atoms with Gasteiger partial charge in [-0.25, -0.2) is 4.98 Å². The number of nitrogens with two attached hydrogens (primary N) is 1. The Labute approximate surface area is 117 Å². The van der Waals surface area contributed by atoms with E-state index in [4.69, 9.17) is 21.8 Å². The van der Waals surface area contributed by atoms with E-state index in [1.807, 2.05) is 0 Å². The van der Waals surface area contributed by atoms with Gasteiger partial charge in [0.1, 0.15) is 5.52 Å². The molecule has 0 amide bonds. The maximum Gasteiger partial charge on any atom is 0.273 e. The summed E-state index contributed by atoms with van der Waals surface area (Å²) in [4.78, 5) is 14.5. The van der Waals surface area contributed by atoms with E-state index < -0.39 is 4.92 Å². The molecule has 2 aromatic carbocycles. The van der Waals surface area contributed by atoms with Crippen LogP contribution in [0.3, 0.4) is 0 Å². The third-order valence-electron chi connectivity index (χ3n) is 2.83. The molecule has 0 saturated carbocycles. The van der Waals surface area contributed by atoms with Gasteiger partial charge < -0.3 is 10.2 Å². The van der Waals surface area contributed by atoms with Gasteiger partial charge in [-0.2, -0.15) is 0 Å². The first-order valence-corrected chi connectivity index (χ1v) is 6.03. The van der Waals surface area contributed by atoms with Crippen molar-refractivity contribution in [3.63, 3.8) is 0 Å². The average molecular weight is 290 g/mol. The number of aromatic nitrogens is 1. The highest BCUT2D eigenvalue weighted by Crippen LogP contribution is 2.30. The van der Waals surface area contributed by atoms with Gasteiger partial charge in [0.25, 0.3) is 5.69 Å². The average Bonchev–Trinajstić information content (AvgIpc) is 2.84. The molecule has 1 heterocycles. The highest BCUT2D eigenvalue weighted by atomic mass is 35.5. The Hall–Kier alpha value is -2.60. The molecular formula is C13H8ClN3O3. The number of benzene rings is 2. The summed E-state index contributed by atoms with van der Waals surface area (Å²) in [5.41, 5.74) is 7.64. The number of hydrogen-bond donors (Lipinski definition) is 1. The van der Waals surface area contributed by atoms with Gasteiger partial charge in [0.15, 0.2) is 5.58 Å². The Morgan fingerprint density at radius 1 is 1.25 bits per heavy atom. The van der Waals surface area contributed by atoms with E-state index in [1.165, 1.54) is 12.1 Å². The fourth-order valence-electron chi connectivity index (χ4n) is 1.83. The van der Waals surface area contributed by atoms with E-state index in [1.54, 1.807) is 24.3 Å². The number of nitrogens with zero attached hydrogens (tertiary/aromatic N) is 2. The van der Waals surface area contributed by atoms with Crippen LogP contribution in [0.5, 0.6) is 0 Å². The molecule has 2 N–H and O–H groups in total. The van der Waals surface area contributed by atoms with Crippen molar-refractivity contribution >= 4 is 34.1 Å². The van der Waals surface area contributed by atoms with Crippen molar-refractivity contribution in [2.75, 3.05) is 5.73 Å². The molecule has 0 fully saturated rings. The first kappa shape index (κ1) is 12.4. The molecule has 0 bridgehead atoms. The van der Waals surface area contributed by atoms with Gasteiger partial charge in [-0.3, -0.25) is 10.1 Å². The molecule has 0 aliphatic rings.